The maximum absolute atomic E-state index is 11.0. The lowest BCUT2D eigenvalue weighted by atomic mass is 10.1. The summed E-state index contributed by atoms with van der Waals surface area (Å²) in [6.07, 6.45) is 0. The van der Waals surface area contributed by atoms with E-state index in [2.05, 4.69) is 0 Å². The van der Waals surface area contributed by atoms with Crippen molar-refractivity contribution in [2.45, 2.75) is 6.92 Å². The molecule has 0 aliphatic rings. The highest BCUT2D eigenvalue weighted by Gasteiger charge is 2.20. The number of carbonyl (C=O) groups excluding carboxylic acids is 1. The average molecular weight is 267 g/mol. The zero-order valence-electron chi connectivity index (χ0n) is 7.47. The molecule has 1 N–H and O–H groups in total. The molecule has 15 heavy (non-hydrogen) atoms. The lowest BCUT2D eigenvalue weighted by molar-refractivity contribution is 0.0695. The van der Waals surface area contributed by atoms with Crippen LogP contribution in [0.25, 0.3) is 0 Å². The van der Waals surface area contributed by atoms with Crippen molar-refractivity contribution in [3.8, 4) is 0 Å². The van der Waals surface area contributed by atoms with Crippen LogP contribution in [0.2, 0.25) is 10.0 Å². The zero-order chi connectivity index (χ0) is 11.7. The van der Waals surface area contributed by atoms with Crippen LogP contribution in [-0.2, 0) is 0 Å². The van der Waals surface area contributed by atoms with Crippen LogP contribution >= 0.6 is 34.8 Å². The molecule has 80 valence electrons. The van der Waals surface area contributed by atoms with Crippen LogP contribution in [0.5, 0.6) is 0 Å². The Kier molecular flexibility index (Phi) is 3.60. The molecule has 0 saturated heterocycles. The van der Waals surface area contributed by atoms with Gasteiger partial charge in [0.2, 0.25) is 0 Å². The summed E-state index contributed by atoms with van der Waals surface area (Å²) in [7, 11) is 0. The molecule has 0 amide bonds. The van der Waals surface area contributed by atoms with E-state index in [0.717, 1.165) is 6.07 Å². The van der Waals surface area contributed by atoms with E-state index in [4.69, 9.17) is 39.9 Å². The molecule has 0 aliphatic heterocycles. The summed E-state index contributed by atoms with van der Waals surface area (Å²) in [6, 6.07) is 1.15. The van der Waals surface area contributed by atoms with Gasteiger partial charge in [0.05, 0.1) is 21.2 Å². The van der Waals surface area contributed by atoms with Crippen LogP contribution < -0.4 is 0 Å². The van der Waals surface area contributed by atoms with Gasteiger partial charge in [0, 0.05) is 0 Å². The molecule has 0 atom stereocenters. The van der Waals surface area contributed by atoms with Crippen LogP contribution in [0.4, 0.5) is 0 Å². The second kappa shape index (κ2) is 4.39. The van der Waals surface area contributed by atoms with E-state index in [-0.39, 0.29) is 26.7 Å². The second-order valence-electron chi connectivity index (χ2n) is 2.80. The Morgan fingerprint density at radius 3 is 2.27 bits per heavy atom. The Balaban J connectivity index is 3.58. The molecule has 1 aromatic rings. The predicted molar refractivity (Wildman–Crippen MR) is 58.3 cm³/mol. The lowest BCUT2D eigenvalue weighted by Gasteiger charge is -2.08. The van der Waals surface area contributed by atoms with Gasteiger partial charge in [-0.25, -0.2) is 4.79 Å². The number of carboxylic acids is 1. The van der Waals surface area contributed by atoms with E-state index in [1.54, 1.807) is 0 Å². The fourth-order valence-electron chi connectivity index (χ4n) is 1.12. The van der Waals surface area contributed by atoms with Crippen molar-refractivity contribution in [3.05, 3.63) is 32.8 Å². The molecule has 0 unspecified atom stereocenters. The first-order valence-corrected chi connectivity index (χ1v) is 4.91. The molecule has 0 bridgehead atoms. The fraction of sp³-hybridized carbons (Fsp3) is 0.111. The molecule has 3 nitrogen and oxygen atoms in total. The number of hydrogen-bond donors (Lipinski definition) is 1. The first-order chi connectivity index (χ1) is 6.86. The van der Waals surface area contributed by atoms with E-state index >= 15 is 0 Å². The highest BCUT2D eigenvalue weighted by molar-refractivity contribution is 6.70. The number of rotatable bonds is 2. The molecule has 0 saturated carbocycles. The summed E-state index contributed by atoms with van der Waals surface area (Å²) >= 11 is 16.7. The van der Waals surface area contributed by atoms with Crippen LogP contribution in [-0.4, -0.2) is 16.3 Å². The van der Waals surface area contributed by atoms with Gasteiger partial charge in [-0.2, -0.15) is 0 Å². The zero-order valence-corrected chi connectivity index (χ0v) is 9.74. The van der Waals surface area contributed by atoms with Gasteiger partial charge in [-0.3, -0.25) is 4.79 Å². The molecule has 1 aromatic carbocycles. The lowest BCUT2D eigenvalue weighted by Crippen LogP contribution is -2.04. The minimum absolute atomic E-state index is 0.0279. The minimum Gasteiger partial charge on any atom is -0.478 e. The number of carboxylic acid groups (broad SMARTS) is 1. The predicted octanol–water partition coefficient (Wildman–Crippen LogP) is 3.38. The Labute approximate surface area is 101 Å². The molecule has 0 spiro atoms. The molecule has 6 heteroatoms. The van der Waals surface area contributed by atoms with Gasteiger partial charge in [0.15, 0.2) is 0 Å². The highest BCUT2D eigenvalue weighted by Crippen LogP contribution is 2.31. The van der Waals surface area contributed by atoms with Crippen molar-refractivity contribution in [1.29, 1.82) is 0 Å². The van der Waals surface area contributed by atoms with Gasteiger partial charge in [-0.05, 0) is 30.2 Å². The number of hydrogen-bond acceptors (Lipinski definition) is 2. The average Bonchev–Trinajstić information content (AvgIpc) is 2.10. The van der Waals surface area contributed by atoms with Gasteiger partial charge in [-0.1, -0.05) is 23.2 Å². The normalized spacial score (nSPS) is 10.1. The molecule has 0 aromatic heterocycles. The van der Waals surface area contributed by atoms with E-state index in [0.29, 0.717) is 0 Å². The summed E-state index contributed by atoms with van der Waals surface area (Å²) in [5.74, 6) is -1.16. The van der Waals surface area contributed by atoms with Crippen LogP contribution in [0, 0.1) is 6.92 Å². The molecule has 0 aliphatic carbocycles. The molecular formula is C9H5Cl3O3. The Hall–Kier alpha value is -0.770. The quantitative estimate of drug-likeness (QED) is 0.836. The number of carbonyl (C=O) groups is 2. The Morgan fingerprint density at radius 2 is 1.87 bits per heavy atom. The molecule has 1 rings (SSSR count). The maximum atomic E-state index is 11.0. The van der Waals surface area contributed by atoms with Crippen LogP contribution in [0.1, 0.15) is 26.3 Å². The van der Waals surface area contributed by atoms with Crippen molar-refractivity contribution in [1.82, 2.24) is 0 Å². The number of halogens is 3. The van der Waals surface area contributed by atoms with Crippen LogP contribution in [0.3, 0.4) is 0 Å². The smallest absolute Gasteiger partial charge is 0.336 e. The van der Waals surface area contributed by atoms with Crippen molar-refractivity contribution >= 4 is 46.0 Å². The summed E-state index contributed by atoms with van der Waals surface area (Å²) in [6.45, 7) is 1.48. The van der Waals surface area contributed by atoms with E-state index < -0.39 is 11.2 Å². The minimum atomic E-state index is -1.16. The third-order valence-electron chi connectivity index (χ3n) is 1.89. The summed E-state index contributed by atoms with van der Waals surface area (Å²) in [4.78, 5) is 21.7. The van der Waals surface area contributed by atoms with Crippen molar-refractivity contribution in [2.24, 2.45) is 0 Å². The molecule has 0 heterocycles. The van der Waals surface area contributed by atoms with Gasteiger partial charge < -0.3 is 5.11 Å². The van der Waals surface area contributed by atoms with Gasteiger partial charge >= 0.3 is 5.97 Å². The van der Waals surface area contributed by atoms with Crippen LogP contribution in [0.15, 0.2) is 6.07 Å². The standard InChI is InChI=1S/C9H5Cl3O3/c1-3-4(9(14)15)2-5(10)6(7(3)11)8(12)13/h2H,1H3,(H,14,15). The Bertz CT molecular complexity index is 454. The first-order valence-electron chi connectivity index (χ1n) is 3.78. The number of aromatic carboxylic acids is 1. The van der Waals surface area contributed by atoms with E-state index in [9.17, 15) is 9.59 Å². The van der Waals surface area contributed by atoms with Crippen molar-refractivity contribution in [2.75, 3.05) is 0 Å². The largest absolute Gasteiger partial charge is 0.478 e. The van der Waals surface area contributed by atoms with Gasteiger partial charge in [0.25, 0.3) is 5.24 Å². The fourth-order valence-corrected chi connectivity index (χ4v) is 2.04. The maximum Gasteiger partial charge on any atom is 0.336 e. The summed E-state index contributed by atoms with van der Waals surface area (Å²) in [5.41, 5.74) is 0.145. The summed E-state index contributed by atoms with van der Waals surface area (Å²) < 4.78 is 0. The monoisotopic (exact) mass is 266 g/mol. The van der Waals surface area contributed by atoms with Crippen molar-refractivity contribution in [3.63, 3.8) is 0 Å². The van der Waals surface area contributed by atoms with Crippen molar-refractivity contribution < 1.29 is 14.7 Å². The molecule has 0 radical (unpaired) electrons. The third-order valence-corrected chi connectivity index (χ3v) is 2.85. The Morgan fingerprint density at radius 1 is 1.33 bits per heavy atom. The third kappa shape index (κ3) is 2.25. The molecular weight excluding hydrogens is 262 g/mol. The van der Waals surface area contributed by atoms with Gasteiger partial charge in [0.1, 0.15) is 0 Å². The topological polar surface area (TPSA) is 54.4 Å². The highest BCUT2D eigenvalue weighted by atomic mass is 35.5. The number of benzene rings is 1. The molecule has 0 fully saturated rings. The van der Waals surface area contributed by atoms with E-state index in [1.165, 1.54) is 6.92 Å². The van der Waals surface area contributed by atoms with Gasteiger partial charge in [-0.15, -0.1) is 0 Å². The van der Waals surface area contributed by atoms with E-state index in [1.807, 2.05) is 0 Å². The summed E-state index contributed by atoms with van der Waals surface area (Å²) in [5, 5.41) is 7.90. The first kappa shape index (κ1) is 12.3. The SMILES string of the molecule is Cc1c(C(=O)O)cc(Cl)c(C(=O)Cl)c1Cl. The second-order valence-corrected chi connectivity index (χ2v) is 3.93.